The van der Waals surface area contributed by atoms with E-state index in [0.29, 0.717) is 13.2 Å². The molecule has 29 heavy (non-hydrogen) atoms. The summed E-state index contributed by atoms with van der Waals surface area (Å²) in [5.41, 5.74) is 5.07. The van der Waals surface area contributed by atoms with Gasteiger partial charge in [-0.1, -0.05) is 18.2 Å². The van der Waals surface area contributed by atoms with Crippen LogP contribution < -0.4 is 9.47 Å². The van der Waals surface area contributed by atoms with Gasteiger partial charge in [-0.2, -0.15) is 0 Å². The highest BCUT2D eigenvalue weighted by atomic mass is 16.5. The number of aryl methyl sites for hydroxylation is 2. The summed E-state index contributed by atoms with van der Waals surface area (Å²) in [4.78, 5) is 4.83. The molecule has 1 N–H and O–H groups in total. The Bertz CT molecular complexity index is 811. The Morgan fingerprint density at radius 3 is 2.48 bits per heavy atom. The van der Waals surface area contributed by atoms with Crippen molar-refractivity contribution in [3.63, 3.8) is 0 Å². The monoisotopic (exact) mass is 396 g/mol. The lowest BCUT2D eigenvalue weighted by Gasteiger charge is -2.35. The Kier molecular flexibility index (Phi) is 6.38. The quantitative estimate of drug-likeness (QED) is 0.780. The summed E-state index contributed by atoms with van der Waals surface area (Å²) in [5.74, 6) is 1.89. The van der Waals surface area contributed by atoms with E-state index < -0.39 is 6.10 Å². The number of ether oxygens (including phenoxy) is 2. The third-order valence-corrected chi connectivity index (χ3v) is 5.73. The Morgan fingerprint density at radius 2 is 1.72 bits per heavy atom. The first-order chi connectivity index (χ1) is 14.0. The van der Waals surface area contributed by atoms with Crippen LogP contribution in [0.1, 0.15) is 22.3 Å². The Balaban J connectivity index is 1.19. The van der Waals surface area contributed by atoms with E-state index in [1.54, 1.807) is 0 Å². The topological polar surface area (TPSA) is 45.2 Å². The second-order valence-electron chi connectivity index (χ2n) is 8.41. The molecule has 1 atom stereocenters. The molecule has 0 bridgehead atoms. The molecule has 2 aromatic carbocycles. The van der Waals surface area contributed by atoms with Crippen LogP contribution in [-0.2, 0) is 13.0 Å². The highest BCUT2D eigenvalue weighted by Crippen LogP contribution is 2.26. The van der Waals surface area contributed by atoms with Crippen LogP contribution in [0.15, 0.2) is 36.4 Å². The van der Waals surface area contributed by atoms with Crippen LogP contribution in [0.3, 0.4) is 0 Å². The van der Waals surface area contributed by atoms with Gasteiger partial charge in [0.15, 0.2) is 0 Å². The van der Waals surface area contributed by atoms with Crippen molar-refractivity contribution in [3.8, 4) is 11.5 Å². The predicted molar refractivity (Wildman–Crippen MR) is 115 cm³/mol. The van der Waals surface area contributed by atoms with E-state index in [0.717, 1.165) is 57.3 Å². The second kappa shape index (κ2) is 9.16. The number of piperazine rings is 1. The van der Waals surface area contributed by atoms with E-state index >= 15 is 0 Å². The van der Waals surface area contributed by atoms with Crippen LogP contribution in [0.2, 0.25) is 0 Å². The molecule has 156 valence electrons. The molecule has 0 aliphatic carbocycles. The largest absolute Gasteiger partial charge is 0.493 e. The lowest BCUT2D eigenvalue weighted by atomic mass is 10.1. The van der Waals surface area contributed by atoms with Gasteiger partial charge in [0.25, 0.3) is 0 Å². The zero-order chi connectivity index (χ0) is 20.2. The first kappa shape index (κ1) is 20.2. The standard InChI is InChI=1S/C24H32N2O3/c1-18-11-19(2)13-23(12-18)29-17-22(27)16-26-8-6-25(7-9-26)15-20-3-4-24-21(14-20)5-10-28-24/h3-4,11-14,22,27H,5-10,15-17H2,1-2H3. The molecule has 2 aliphatic rings. The van der Waals surface area contributed by atoms with E-state index in [1.165, 1.54) is 22.3 Å². The fraction of sp³-hybridized carbons (Fsp3) is 0.500. The summed E-state index contributed by atoms with van der Waals surface area (Å²) < 4.78 is 11.4. The van der Waals surface area contributed by atoms with Gasteiger partial charge in [-0.05, 0) is 54.3 Å². The third kappa shape index (κ3) is 5.50. The summed E-state index contributed by atoms with van der Waals surface area (Å²) in [5, 5.41) is 10.4. The van der Waals surface area contributed by atoms with Crippen LogP contribution in [0.25, 0.3) is 0 Å². The highest BCUT2D eigenvalue weighted by Gasteiger charge is 2.20. The molecule has 1 fully saturated rings. The van der Waals surface area contributed by atoms with Crippen molar-refractivity contribution >= 4 is 0 Å². The zero-order valence-electron chi connectivity index (χ0n) is 17.6. The van der Waals surface area contributed by atoms with Crippen molar-refractivity contribution in [2.75, 3.05) is 45.9 Å². The molecule has 0 amide bonds. The molecular weight excluding hydrogens is 364 g/mol. The molecule has 1 unspecified atom stereocenters. The van der Waals surface area contributed by atoms with Crippen molar-refractivity contribution in [3.05, 3.63) is 58.7 Å². The zero-order valence-corrected chi connectivity index (χ0v) is 17.6. The summed E-state index contributed by atoms with van der Waals surface area (Å²) in [7, 11) is 0. The fourth-order valence-electron chi connectivity index (χ4n) is 4.29. The molecule has 4 rings (SSSR count). The van der Waals surface area contributed by atoms with Crippen molar-refractivity contribution in [1.29, 1.82) is 0 Å². The van der Waals surface area contributed by atoms with Crippen LogP contribution in [0.5, 0.6) is 11.5 Å². The number of hydrogen-bond acceptors (Lipinski definition) is 5. The van der Waals surface area contributed by atoms with Gasteiger partial charge in [0.1, 0.15) is 24.2 Å². The molecule has 5 nitrogen and oxygen atoms in total. The smallest absolute Gasteiger partial charge is 0.122 e. The first-order valence-electron chi connectivity index (χ1n) is 10.6. The van der Waals surface area contributed by atoms with Gasteiger partial charge >= 0.3 is 0 Å². The molecule has 5 heteroatoms. The van der Waals surface area contributed by atoms with Gasteiger partial charge in [-0.25, -0.2) is 0 Å². The minimum Gasteiger partial charge on any atom is -0.493 e. The summed E-state index contributed by atoms with van der Waals surface area (Å²) in [6.07, 6.45) is 0.554. The number of β-amino-alcohol motifs (C(OH)–C–C–N with tert-alkyl or cyclic N) is 1. The maximum Gasteiger partial charge on any atom is 0.122 e. The number of benzene rings is 2. The average molecular weight is 397 g/mol. The molecule has 0 spiro atoms. The number of hydrogen-bond donors (Lipinski definition) is 1. The molecule has 2 aromatic rings. The van der Waals surface area contributed by atoms with E-state index in [4.69, 9.17) is 9.47 Å². The minimum absolute atomic E-state index is 0.334. The van der Waals surface area contributed by atoms with E-state index in [2.05, 4.69) is 47.9 Å². The second-order valence-corrected chi connectivity index (χ2v) is 8.41. The van der Waals surface area contributed by atoms with Crippen molar-refractivity contribution in [2.45, 2.75) is 32.9 Å². The third-order valence-electron chi connectivity index (χ3n) is 5.73. The predicted octanol–water partition coefficient (Wildman–Crippen LogP) is 2.80. The number of aliphatic hydroxyl groups is 1. The Hall–Kier alpha value is -2.08. The van der Waals surface area contributed by atoms with Crippen molar-refractivity contribution < 1.29 is 14.6 Å². The average Bonchev–Trinajstić information content (AvgIpc) is 3.15. The molecule has 0 saturated carbocycles. The Morgan fingerprint density at radius 1 is 1.00 bits per heavy atom. The fourth-order valence-corrected chi connectivity index (χ4v) is 4.29. The molecule has 2 aliphatic heterocycles. The van der Waals surface area contributed by atoms with Gasteiger partial charge in [-0.3, -0.25) is 9.80 Å². The lowest BCUT2D eigenvalue weighted by molar-refractivity contribution is 0.0446. The van der Waals surface area contributed by atoms with E-state index in [1.807, 2.05) is 12.1 Å². The summed E-state index contributed by atoms with van der Waals surface area (Å²) in [6, 6.07) is 12.7. The highest BCUT2D eigenvalue weighted by molar-refractivity contribution is 5.39. The number of rotatable bonds is 7. The maximum absolute atomic E-state index is 10.4. The van der Waals surface area contributed by atoms with Gasteiger partial charge in [0, 0.05) is 45.7 Å². The SMILES string of the molecule is Cc1cc(C)cc(OCC(O)CN2CCN(Cc3ccc4c(c3)CCO4)CC2)c1. The molecule has 1 saturated heterocycles. The molecule has 2 heterocycles. The number of aliphatic hydroxyl groups excluding tert-OH is 1. The minimum atomic E-state index is -0.473. The van der Waals surface area contributed by atoms with Crippen LogP contribution >= 0.6 is 0 Å². The molecule has 0 aromatic heterocycles. The van der Waals surface area contributed by atoms with Crippen molar-refractivity contribution in [2.24, 2.45) is 0 Å². The first-order valence-corrected chi connectivity index (χ1v) is 10.6. The van der Waals surface area contributed by atoms with Crippen LogP contribution in [0, 0.1) is 13.8 Å². The molecule has 0 radical (unpaired) electrons. The van der Waals surface area contributed by atoms with Crippen LogP contribution in [-0.4, -0.2) is 66.9 Å². The van der Waals surface area contributed by atoms with Gasteiger partial charge in [0.2, 0.25) is 0 Å². The van der Waals surface area contributed by atoms with E-state index in [-0.39, 0.29) is 0 Å². The number of fused-ring (bicyclic) bond motifs is 1. The van der Waals surface area contributed by atoms with Crippen molar-refractivity contribution in [1.82, 2.24) is 9.80 Å². The van der Waals surface area contributed by atoms with E-state index in [9.17, 15) is 5.11 Å². The number of nitrogens with zero attached hydrogens (tertiary/aromatic N) is 2. The van der Waals surface area contributed by atoms with Gasteiger partial charge in [-0.15, -0.1) is 0 Å². The lowest BCUT2D eigenvalue weighted by Crippen LogP contribution is -2.48. The maximum atomic E-state index is 10.4. The normalized spacial score (nSPS) is 18.3. The summed E-state index contributed by atoms with van der Waals surface area (Å²) in [6.45, 7) is 10.9. The summed E-state index contributed by atoms with van der Waals surface area (Å²) >= 11 is 0. The van der Waals surface area contributed by atoms with Crippen LogP contribution in [0.4, 0.5) is 0 Å². The Labute approximate surface area is 173 Å². The van der Waals surface area contributed by atoms with Gasteiger partial charge < -0.3 is 14.6 Å². The molecular formula is C24H32N2O3. The van der Waals surface area contributed by atoms with Gasteiger partial charge in [0.05, 0.1) is 6.61 Å².